The van der Waals surface area contributed by atoms with Crippen LogP contribution in [0, 0.1) is 0 Å². The molecule has 9 heteroatoms. The van der Waals surface area contributed by atoms with Crippen LogP contribution in [0.2, 0.25) is 0 Å². The molecule has 0 fully saturated rings. The summed E-state index contributed by atoms with van der Waals surface area (Å²) in [5.74, 6) is -1.18. The number of hydrogen-bond acceptors (Lipinski definition) is 4. The number of sulfone groups is 2. The predicted octanol–water partition coefficient (Wildman–Crippen LogP) is 2.10. The van der Waals surface area contributed by atoms with E-state index in [1.165, 1.54) is 6.07 Å². The first-order chi connectivity index (χ1) is 9.51. The van der Waals surface area contributed by atoms with E-state index in [-0.39, 0.29) is 5.56 Å². The minimum Gasteiger partial charge on any atom is -0.228 e. The van der Waals surface area contributed by atoms with Gasteiger partial charge in [-0.3, -0.25) is 0 Å². The standard InChI is InChI=1S/C12H11F3O4S2/c13-12(14,15)10-4-1-3-9(7-10)11-8-20(16,17)5-2-6-21(11,18)19/h1-4,6-7,11H,5,8H2. The second-order valence-electron chi connectivity index (χ2n) is 4.65. The molecule has 0 N–H and O–H groups in total. The smallest absolute Gasteiger partial charge is 0.228 e. The highest BCUT2D eigenvalue weighted by Gasteiger charge is 2.35. The molecule has 0 aliphatic carbocycles. The van der Waals surface area contributed by atoms with Crippen LogP contribution in [0.25, 0.3) is 0 Å². The van der Waals surface area contributed by atoms with Crippen LogP contribution < -0.4 is 0 Å². The average Bonchev–Trinajstić information content (AvgIpc) is 2.44. The molecule has 0 radical (unpaired) electrons. The minimum absolute atomic E-state index is 0.181. The second-order valence-corrected chi connectivity index (χ2v) is 8.82. The molecule has 0 spiro atoms. The van der Waals surface area contributed by atoms with Crippen LogP contribution in [0.5, 0.6) is 0 Å². The summed E-state index contributed by atoms with van der Waals surface area (Å²) in [4.78, 5) is 0. The summed E-state index contributed by atoms with van der Waals surface area (Å²) < 4.78 is 85.4. The Morgan fingerprint density at radius 3 is 2.38 bits per heavy atom. The fraction of sp³-hybridized carbons (Fsp3) is 0.333. The van der Waals surface area contributed by atoms with E-state index >= 15 is 0 Å². The maximum Gasteiger partial charge on any atom is 0.416 e. The molecule has 1 aromatic rings. The molecule has 1 atom stereocenters. The molecule has 116 valence electrons. The van der Waals surface area contributed by atoms with Crippen molar-refractivity contribution in [2.45, 2.75) is 11.4 Å². The van der Waals surface area contributed by atoms with E-state index in [9.17, 15) is 30.0 Å². The highest BCUT2D eigenvalue weighted by atomic mass is 32.2. The number of benzene rings is 1. The molecule has 0 amide bonds. The second kappa shape index (κ2) is 5.13. The summed E-state index contributed by atoms with van der Waals surface area (Å²) in [7, 11) is -7.66. The first-order valence-corrected chi connectivity index (χ1v) is 9.22. The normalized spacial score (nSPS) is 24.4. The van der Waals surface area contributed by atoms with Crippen LogP contribution in [0.1, 0.15) is 16.4 Å². The molecule has 2 rings (SSSR count). The maximum absolute atomic E-state index is 12.7. The van der Waals surface area contributed by atoms with E-state index in [0.29, 0.717) is 6.07 Å². The molecular formula is C12H11F3O4S2. The predicted molar refractivity (Wildman–Crippen MR) is 70.9 cm³/mol. The van der Waals surface area contributed by atoms with Gasteiger partial charge in [0, 0.05) is 5.41 Å². The van der Waals surface area contributed by atoms with Gasteiger partial charge < -0.3 is 0 Å². The summed E-state index contributed by atoms with van der Waals surface area (Å²) in [6, 6.07) is 3.73. The SMILES string of the molecule is O=S1(=O)CC=CS(=O)(=O)C(c2cccc(C(F)(F)F)c2)C1. The molecule has 1 aliphatic rings. The average molecular weight is 340 g/mol. The third kappa shape index (κ3) is 3.65. The molecule has 0 saturated carbocycles. The van der Waals surface area contributed by atoms with Crippen LogP contribution in [-0.2, 0) is 25.9 Å². The van der Waals surface area contributed by atoms with Crippen LogP contribution >= 0.6 is 0 Å². The van der Waals surface area contributed by atoms with Gasteiger partial charge in [0.25, 0.3) is 0 Å². The number of hydrogen-bond donors (Lipinski definition) is 0. The number of halogens is 3. The van der Waals surface area contributed by atoms with Crippen molar-refractivity contribution in [2.75, 3.05) is 11.5 Å². The van der Waals surface area contributed by atoms with Crippen molar-refractivity contribution in [2.24, 2.45) is 0 Å². The fourth-order valence-electron chi connectivity index (χ4n) is 2.01. The molecule has 21 heavy (non-hydrogen) atoms. The summed E-state index contributed by atoms with van der Waals surface area (Å²) >= 11 is 0. The molecule has 0 aromatic heterocycles. The van der Waals surface area contributed by atoms with Crippen molar-refractivity contribution in [1.29, 1.82) is 0 Å². The fourth-order valence-corrected chi connectivity index (χ4v) is 5.77. The van der Waals surface area contributed by atoms with Gasteiger partial charge in [0.15, 0.2) is 19.7 Å². The van der Waals surface area contributed by atoms with Gasteiger partial charge in [-0.1, -0.05) is 24.3 Å². The highest BCUT2D eigenvalue weighted by molar-refractivity contribution is 7.97. The van der Waals surface area contributed by atoms with Crippen LogP contribution in [0.4, 0.5) is 13.2 Å². The van der Waals surface area contributed by atoms with E-state index in [1.807, 2.05) is 0 Å². The lowest BCUT2D eigenvalue weighted by molar-refractivity contribution is -0.137. The van der Waals surface area contributed by atoms with Crippen molar-refractivity contribution < 1.29 is 30.0 Å². The minimum atomic E-state index is -4.63. The maximum atomic E-state index is 12.7. The van der Waals surface area contributed by atoms with E-state index in [0.717, 1.165) is 23.6 Å². The van der Waals surface area contributed by atoms with Gasteiger partial charge in [0.05, 0.1) is 17.1 Å². The Morgan fingerprint density at radius 2 is 1.76 bits per heavy atom. The Balaban J connectivity index is 2.55. The molecule has 4 nitrogen and oxygen atoms in total. The topological polar surface area (TPSA) is 68.3 Å². The lowest BCUT2D eigenvalue weighted by Gasteiger charge is -2.16. The molecule has 1 heterocycles. The molecule has 1 unspecified atom stereocenters. The molecule has 0 saturated heterocycles. The van der Waals surface area contributed by atoms with E-state index in [2.05, 4.69) is 0 Å². The quantitative estimate of drug-likeness (QED) is 0.785. The molecule has 0 bridgehead atoms. The Bertz CT molecular complexity index is 777. The summed E-state index contributed by atoms with van der Waals surface area (Å²) in [5, 5.41) is -0.772. The summed E-state index contributed by atoms with van der Waals surface area (Å²) in [6.45, 7) is 0. The van der Waals surface area contributed by atoms with Crippen molar-refractivity contribution in [3.63, 3.8) is 0 Å². The Kier molecular flexibility index (Phi) is 3.92. The van der Waals surface area contributed by atoms with Gasteiger partial charge in [-0.15, -0.1) is 0 Å². The third-order valence-corrected chi connectivity index (χ3v) is 6.58. The van der Waals surface area contributed by atoms with Crippen molar-refractivity contribution in [3.8, 4) is 0 Å². The summed E-state index contributed by atoms with van der Waals surface area (Å²) in [5.41, 5.74) is -1.19. The van der Waals surface area contributed by atoms with Crippen LogP contribution in [0.15, 0.2) is 35.7 Å². The Hall–Kier alpha value is -1.35. The van der Waals surface area contributed by atoms with Gasteiger partial charge in [-0.05, 0) is 11.6 Å². The largest absolute Gasteiger partial charge is 0.416 e. The first kappa shape index (κ1) is 16.0. The van der Waals surface area contributed by atoms with Crippen molar-refractivity contribution in [3.05, 3.63) is 46.9 Å². The van der Waals surface area contributed by atoms with E-state index in [4.69, 9.17) is 0 Å². The van der Waals surface area contributed by atoms with Crippen molar-refractivity contribution >= 4 is 19.7 Å². The van der Waals surface area contributed by atoms with Gasteiger partial charge in [-0.2, -0.15) is 13.2 Å². The molecule has 1 aromatic carbocycles. The molecule has 1 aliphatic heterocycles. The number of alkyl halides is 3. The van der Waals surface area contributed by atoms with Crippen LogP contribution in [-0.4, -0.2) is 28.3 Å². The van der Waals surface area contributed by atoms with Gasteiger partial charge in [0.1, 0.15) is 5.25 Å². The van der Waals surface area contributed by atoms with Gasteiger partial charge in [0.2, 0.25) is 0 Å². The Labute approximate surface area is 120 Å². The third-order valence-electron chi connectivity index (χ3n) is 3.02. The number of rotatable bonds is 1. The van der Waals surface area contributed by atoms with Crippen molar-refractivity contribution in [1.82, 2.24) is 0 Å². The monoisotopic (exact) mass is 340 g/mol. The van der Waals surface area contributed by atoms with E-state index in [1.54, 1.807) is 0 Å². The first-order valence-electron chi connectivity index (χ1n) is 5.79. The zero-order valence-electron chi connectivity index (χ0n) is 10.5. The highest BCUT2D eigenvalue weighted by Crippen LogP contribution is 2.34. The molecular weight excluding hydrogens is 329 g/mol. The van der Waals surface area contributed by atoms with Gasteiger partial charge in [-0.25, -0.2) is 16.8 Å². The summed E-state index contributed by atoms with van der Waals surface area (Å²) in [6.07, 6.45) is -3.63. The lowest BCUT2D eigenvalue weighted by atomic mass is 10.1. The lowest BCUT2D eigenvalue weighted by Crippen LogP contribution is -2.20. The zero-order chi connectivity index (χ0) is 15.9. The Morgan fingerprint density at radius 1 is 1.10 bits per heavy atom. The van der Waals surface area contributed by atoms with E-state index < -0.39 is 48.2 Å². The zero-order valence-corrected chi connectivity index (χ0v) is 12.2. The van der Waals surface area contributed by atoms with Gasteiger partial charge >= 0.3 is 6.18 Å². The van der Waals surface area contributed by atoms with Crippen LogP contribution in [0.3, 0.4) is 0 Å².